The summed E-state index contributed by atoms with van der Waals surface area (Å²) in [6.45, 7) is 5.23. The van der Waals surface area contributed by atoms with Gasteiger partial charge < -0.3 is 20.8 Å². The minimum atomic E-state index is -1.10. The second-order valence-corrected chi connectivity index (χ2v) is 5.65. The Morgan fingerprint density at radius 2 is 1.87 bits per heavy atom. The lowest BCUT2D eigenvalue weighted by molar-refractivity contribution is -0.143. The van der Waals surface area contributed by atoms with E-state index in [2.05, 4.69) is 10.6 Å². The highest BCUT2D eigenvalue weighted by atomic mass is 16.4. The summed E-state index contributed by atoms with van der Waals surface area (Å²) >= 11 is 0. The summed E-state index contributed by atoms with van der Waals surface area (Å²) in [5.74, 6) is -2.41. The first-order valence-corrected chi connectivity index (χ1v) is 7.32. The van der Waals surface area contributed by atoms with Crippen LogP contribution in [0, 0.1) is 12.8 Å². The van der Waals surface area contributed by atoms with Crippen LogP contribution in [0.5, 0.6) is 5.75 Å². The van der Waals surface area contributed by atoms with Crippen molar-refractivity contribution < 1.29 is 24.6 Å². The zero-order valence-electron chi connectivity index (χ0n) is 13.4. The van der Waals surface area contributed by atoms with Gasteiger partial charge in [-0.15, -0.1) is 0 Å². The monoisotopic (exact) mass is 322 g/mol. The fourth-order valence-corrected chi connectivity index (χ4v) is 1.98. The number of aryl methyl sites for hydroxylation is 1. The minimum Gasteiger partial charge on any atom is -0.507 e. The number of aliphatic carboxylic acids is 1. The minimum absolute atomic E-state index is 0.0441. The normalized spacial score (nSPS) is 11.8. The summed E-state index contributed by atoms with van der Waals surface area (Å²) in [4.78, 5) is 34.6. The number of nitrogens with one attached hydrogen (secondary N) is 2. The molecule has 7 nitrogen and oxygen atoms in total. The molecular formula is C16H22N2O5. The van der Waals surface area contributed by atoms with Crippen LogP contribution in [0.25, 0.3) is 0 Å². The van der Waals surface area contributed by atoms with E-state index < -0.39 is 23.8 Å². The van der Waals surface area contributed by atoms with E-state index in [9.17, 15) is 19.5 Å². The van der Waals surface area contributed by atoms with E-state index in [1.807, 2.05) is 0 Å². The van der Waals surface area contributed by atoms with Gasteiger partial charge in [0.1, 0.15) is 11.8 Å². The van der Waals surface area contributed by atoms with Crippen molar-refractivity contribution in [2.75, 3.05) is 6.54 Å². The molecule has 126 valence electrons. The quantitative estimate of drug-likeness (QED) is 0.599. The number of aromatic hydroxyl groups is 1. The predicted octanol–water partition coefficient (Wildman–Crippen LogP) is 1.05. The standard InChI is InChI=1S/C16H22N2O5/c1-9(2)14(16(22)23)18-13(20)6-7-17-15(21)11-5-4-10(3)8-12(11)19/h4-5,8-9,14,19H,6-7H2,1-3H3,(H,17,21)(H,18,20)(H,22,23)/t14-/m1/s1. The van der Waals surface area contributed by atoms with Gasteiger partial charge in [0.05, 0.1) is 5.56 Å². The van der Waals surface area contributed by atoms with Gasteiger partial charge in [-0.25, -0.2) is 4.79 Å². The fraction of sp³-hybridized carbons (Fsp3) is 0.438. The molecule has 0 bridgehead atoms. The number of carbonyl (C=O) groups is 3. The van der Waals surface area contributed by atoms with Crippen molar-refractivity contribution in [3.05, 3.63) is 29.3 Å². The lowest BCUT2D eigenvalue weighted by Crippen LogP contribution is -2.45. The lowest BCUT2D eigenvalue weighted by Gasteiger charge is -2.17. The van der Waals surface area contributed by atoms with E-state index in [4.69, 9.17) is 5.11 Å². The molecule has 0 saturated heterocycles. The Kier molecular flexibility index (Phi) is 6.56. The third kappa shape index (κ3) is 5.61. The summed E-state index contributed by atoms with van der Waals surface area (Å²) in [6, 6.07) is 3.71. The highest BCUT2D eigenvalue weighted by molar-refractivity contribution is 5.97. The highest BCUT2D eigenvalue weighted by Gasteiger charge is 2.23. The van der Waals surface area contributed by atoms with Crippen LogP contribution in [-0.2, 0) is 9.59 Å². The first-order valence-electron chi connectivity index (χ1n) is 7.32. The topological polar surface area (TPSA) is 116 Å². The number of phenolic OH excluding ortho intramolecular Hbond substituents is 1. The van der Waals surface area contributed by atoms with Crippen molar-refractivity contribution in [3.8, 4) is 5.75 Å². The fourth-order valence-electron chi connectivity index (χ4n) is 1.98. The summed E-state index contributed by atoms with van der Waals surface area (Å²) in [5, 5.41) is 23.6. The van der Waals surface area contributed by atoms with Crippen molar-refractivity contribution in [2.24, 2.45) is 5.92 Å². The number of hydrogen-bond acceptors (Lipinski definition) is 4. The van der Waals surface area contributed by atoms with E-state index in [-0.39, 0.29) is 30.2 Å². The molecule has 0 aromatic heterocycles. The van der Waals surface area contributed by atoms with Gasteiger partial charge in [0.25, 0.3) is 5.91 Å². The Morgan fingerprint density at radius 1 is 1.22 bits per heavy atom. The van der Waals surface area contributed by atoms with Gasteiger partial charge in [-0.05, 0) is 30.5 Å². The lowest BCUT2D eigenvalue weighted by atomic mass is 10.0. The molecule has 4 N–H and O–H groups in total. The maximum absolute atomic E-state index is 11.9. The smallest absolute Gasteiger partial charge is 0.326 e. The van der Waals surface area contributed by atoms with Gasteiger partial charge in [-0.2, -0.15) is 0 Å². The highest BCUT2D eigenvalue weighted by Crippen LogP contribution is 2.17. The van der Waals surface area contributed by atoms with E-state index in [1.165, 1.54) is 12.1 Å². The molecule has 23 heavy (non-hydrogen) atoms. The molecule has 0 unspecified atom stereocenters. The van der Waals surface area contributed by atoms with Crippen LogP contribution in [0.2, 0.25) is 0 Å². The Hall–Kier alpha value is -2.57. The molecule has 2 amide bonds. The zero-order chi connectivity index (χ0) is 17.6. The van der Waals surface area contributed by atoms with Crippen LogP contribution in [0.4, 0.5) is 0 Å². The van der Waals surface area contributed by atoms with Crippen molar-refractivity contribution >= 4 is 17.8 Å². The van der Waals surface area contributed by atoms with Crippen molar-refractivity contribution in [2.45, 2.75) is 33.2 Å². The molecule has 0 aliphatic rings. The zero-order valence-corrected chi connectivity index (χ0v) is 13.4. The number of carbonyl (C=O) groups excluding carboxylic acids is 2. The summed E-state index contributed by atoms with van der Waals surface area (Å²) in [5.41, 5.74) is 0.952. The number of rotatable bonds is 7. The average Bonchev–Trinajstić information content (AvgIpc) is 2.43. The average molecular weight is 322 g/mol. The molecule has 0 spiro atoms. The van der Waals surface area contributed by atoms with Crippen LogP contribution in [0.3, 0.4) is 0 Å². The van der Waals surface area contributed by atoms with Gasteiger partial charge in [-0.3, -0.25) is 9.59 Å². The molecule has 0 aliphatic carbocycles. The van der Waals surface area contributed by atoms with E-state index in [0.717, 1.165) is 5.56 Å². The third-order valence-electron chi connectivity index (χ3n) is 3.28. The molecule has 1 atom stereocenters. The predicted molar refractivity (Wildman–Crippen MR) is 84.2 cm³/mol. The first kappa shape index (κ1) is 18.5. The van der Waals surface area contributed by atoms with Crippen LogP contribution in [0.1, 0.15) is 36.2 Å². The molecule has 0 fully saturated rings. The molecular weight excluding hydrogens is 300 g/mol. The number of phenols is 1. The summed E-state index contributed by atoms with van der Waals surface area (Å²) < 4.78 is 0. The van der Waals surface area contributed by atoms with Gasteiger partial charge in [-0.1, -0.05) is 19.9 Å². The van der Waals surface area contributed by atoms with Gasteiger partial charge in [0, 0.05) is 13.0 Å². The number of amides is 2. The van der Waals surface area contributed by atoms with Crippen LogP contribution in [0.15, 0.2) is 18.2 Å². The van der Waals surface area contributed by atoms with Crippen LogP contribution < -0.4 is 10.6 Å². The van der Waals surface area contributed by atoms with Crippen LogP contribution in [-0.4, -0.2) is 40.6 Å². The van der Waals surface area contributed by atoms with Crippen LogP contribution >= 0.6 is 0 Å². The molecule has 1 aromatic rings. The number of carboxylic acid groups (broad SMARTS) is 1. The van der Waals surface area contributed by atoms with Crippen molar-refractivity contribution in [3.63, 3.8) is 0 Å². The number of hydrogen-bond donors (Lipinski definition) is 4. The molecule has 1 aromatic carbocycles. The van der Waals surface area contributed by atoms with E-state index >= 15 is 0 Å². The van der Waals surface area contributed by atoms with E-state index in [0.29, 0.717) is 0 Å². The number of carboxylic acids is 1. The molecule has 7 heteroatoms. The first-order chi connectivity index (χ1) is 10.7. The second-order valence-electron chi connectivity index (χ2n) is 5.65. The van der Waals surface area contributed by atoms with E-state index in [1.54, 1.807) is 26.8 Å². The summed E-state index contributed by atoms with van der Waals surface area (Å²) in [7, 11) is 0. The SMILES string of the molecule is Cc1ccc(C(=O)NCCC(=O)N[C@@H](C(=O)O)C(C)C)c(O)c1. The molecule has 0 saturated carbocycles. The largest absolute Gasteiger partial charge is 0.507 e. The molecule has 0 heterocycles. The Morgan fingerprint density at radius 3 is 2.39 bits per heavy atom. The maximum Gasteiger partial charge on any atom is 0.326 e. The Balaban J connectivity index is 2.48. The molecule has 0 aliphatic heterocycles. The second kappa shape index (κ2) is 8.17. The van der Waals surface area contributed by atoms with Gasteiger partial charge in [0.2, 0.25) is 5.91 Å². The van der Waals surface area contributed by atoms with Gasteiger partial charge >= 0.3 is 5.97 Å². The number of benzene rings is 1. The third-order valence-corrected chi connectivity index (χ3v) is 3.28. The molecule has 1 rings (SSSR count). The summed E-state index contributed by atoms with van der Waals surface area (Å²) in [6.07, 6.45) is -0.0468. The van der Waals surface area contributed by atoms with Gasteiger partial charge in [0.15, 0.2) is 0 Å². The Bertz CT molecular complexity index is 598. The van der Waals surface area contributed by atoms with Crippen molar-refractivity contribution in [1.29, 1.82) is 0 Å². The van der Waals surface area contributed by atoms with Crippen molar-refractivity contribution in [1.82, 2.24) is 10.6 Å². The maximum atomic E-state index is 11.9. The Labute approximate surface area is 134 Å². The molecule has 0 radical (unpaired) electrons.